The Bertz CT molecular complexity index is 1420. The van der Waals surface area contributed by atoms with Crippen LogP contribution in [0.5, 0.6) is 0 Å². The molecule has 3 aliphatic carbocycles. The fraction of sp³-hybridized carbons (Fsp3) is 0.531. The zero-order valence-corrected chi connectivity index (χ0v) is 23.4. The van der Waals surface area contributed by atoms with E-state index in [0.29, 0.717) is 24.8 Å². The maximum absolute atomic E-state index is 15.6. The van der Waals surface area contributed by atoms with Crippen LogP contribution in [0.2, 0.25) is 0 Å². The minimum absolute atomic E-state index is 0.0654. The van der Waals surface area contributed by atoms with Crippen LogP contribution in [-0.4, -0.2) is 40.5 Å². The average Bonchev–Trinajstić information content (AvgIpc) is 3.43. The van der Waals surface area contributed by atoms with Crippen molar-refractivity contribution in [1.82, 2.24) is 10.3 Å². The summed E-state index contributed by atoms with van der Waals surface area (Å²) in [6.45, 7) is 4.38. The summed E-state index contributed by atoms with van der Waals surface area (Å²) in [5.41, 5.74) is 5.21. The molecule has 40 heavy (non-hydrogen) atoms. The number of nitrogens with one attached hydrogen (secondary N) is 2. The van der Waals surface area contributed by atoms with Gasteiger partial charge in [-0.15, -0.1) is 0 Å². The van der Waals surface area contributed by atoms with Crippen molar-refractivity contribution in [1.29, 1.82) is 0 Å². The number of hydrogen-bond acceptors (Lipinski definition) is 3. The monoisotopic (exact) mass is 548 g/mol. The van der Waals surface area contributed by atoms with Gasteiger partial charge in [0.1, 0.15) is 0 Å². The summed E-state index contributed by atoms with van der Waals surface area (Å²) in [6, 6.07) is 11.8. The number of aromatic amines is 1. The second-order valence-corrected chi connectivity index (χ2v) is 12.7. The van der Waals surface area contributed by atoms with Crippen LogP contribution in [0, 0.1) is 30.1 Å². The van der Waals surface area contributed by atoms with Crippen molar-refractivity contribution < 1.29 is 23.6 Å². The molecule has 0 aliphatic heterocycles. The molecule has 2 saturated carbocycles. The summed E-state index contributed by atoms with van der Waals surface area (Å²) in [7, 11) is -1.51. The van der Waals surface area contributed by atoms with Gasteiger partial charge < -0.3 is 20.3 Å². The van der Waals surface area contributed by atoms with E-state index in [1.54, 1.807) is 13.0 Å². The smallest absolute Gasteiger partial charge is 0.423 e. The average molecular weight is 548 g/mol. The first-order valence-corrected chi connectivity index (χ1v) is 14.8. The van der Waals surface area contributed by atoms with Gasteiger partial charge in [0.15, 0.2) is 0 Å². The van der Waals surface area contributed by atoms with Crippen molar-refractivity contribution in [3.05, 3.63) is 64.8 Å². The van der Waals surface area contributed by atoms with E-state index < -0.39 is 18.5 Å². The SMILES string of the molecule is Cc1cccc2c(CCNC(=O)CC[C@@H]3CC(F)(F)[C@@]4(C)CC[C@@H]5c6ccc(B(O)O)cc6CC[C@H]5[C@H]34)c[nH]c12. The van der Waals surface area contributed by atoms with Crippen LogP contribution >= 0.6 is 0 Å². The Morgan fingerprint density at radius 2 is 2.02 bits per heavy atom. The highest BCUT2D eigenvalue weighted by Crippen LogP contribution is 2.68. The molecule has 5 atom stereocenters. The maximum atomic E-state index is 15.6. The summed E-state index contributed by atoms with van der Waals surface area (Å²) in [4.78, 5) is 16.2. The zero-order chi connectivity index (χ0) is 28.2. The Balaban J connectivity index is 1.12. The molecule has 1 aromatic heterocycles. The normalized spacial score (nSPS) is 28.6. The summed E-state index contributed by atoms with van der Waals surface area (Å²) >= 11 is 0. The molecule has 2 fully saturated rings. The number of amides is 1. The third-order valence-electron chi connectivity index (χ3n) is 10.6. The third-order valence-corrected chi connectivity index (χ3v) is 10.6. The molecule has 0 bridgehead atoms. The Morgan fingerprint density at radius 1 is 1.20 bits per heavy atom. The second-order valence-electron chi connectivity index (χ2n) is 12.7. The van der Waals surface area contributed by atoms with Crippen LogP contribution in [0.25, 0.3) is 10.9 Å². The lowest BCUT2D eigenvalue weighted by Crippen LogP contribution is -2.48. The van der Waals surface area contributed by atoms with E-state index in [9.17, 15) is 14.8 Å². The molecule has 6 rings (SSSR count). The summed E-state index contributed by atoms with van der Waals surface area (Å²) in [5.74, 6) is -2.75. The van der Waals surface area contributed by atoms with Crippen molar-refractivity contribution in [2.24, 2.45) is 23.2 Å². The molecule has 3 aromatic rings. The number of halogens is 2. The van der Waals surface area contributed by atoms with E-state index >= 15 is 8.78 Å². The number of benzene rings is 2. The van der Waals surface area contributed by atoms with E-state index in [1.807, 2.05) is 24.4 Å². The molecule has 0 saturated heterocycles. The number of alkyl halides is 2. The minimum atomic E-state index is -2.73. The highest BCUT2D eigenvalue weighted by Gasteiger charge is 2.67. The standard InChI is InChI=1S/C32H39BF2N2O3/c1-19-4-3-5-25-22(18-37-30(19)25)13-15-36-28(38)11-7-21-17-32(34,35)31(2)14-12-26-24-10-8-23(33(39)40)16-20(24)6-9-27(26)29(21)31/h3-5,8,10,16,18,21,26-27,29,37,39-40H,6-7,9,11-15,17H2,1-2H3,(H,36,38)/t21-,26-,27-,29+,31+/m1/s1. The van der Waals surface area contributed by atoms with Crippen LogP contribution in [0.1, 0.15) is 73.6 Å². The molecule has 1 heterocycles. The van der Waals surface area contributed by atoms with E-state index in [0.717, 1.165) is 42.3 Å². The van der Waals surface area contributed by atoms with Gasteiger partial charge in [-0.3, -0.25) is 4.79 Å². The number of aromatic nitrogens is 1. The number of rotatable bonds is 7. The van der Waals surface area contributed by atoms with Crippen molar-refractivity contribution >= 4 is 29.4 Å². The molecule has 0 spiro atoms. The fourth-order valence-electron chi connectivity index (χ4n) is 8.59. The van der Waals surface area contributed by atoms with E-state index in [-0.39, 0.29) is 42.4 Å². The topological polar surface area (TPSA) is 85.3 Å². The zero-order valence-electron chi connectivity index (χ0n) is 23.4. The van der Waals surface area contributed by atoms with E-state index in [4.69, 9.17) is 0 Å². The molecule has 0 unspecified atom stereocenters. The molecular formula is C32H39BF2N2O3. The lowest BCUT2D eigenvalue weighted by atomic mass is 9.53. The number of H-pyrrole nitrogens is 1. The highest BCUT2D eigenvalue weighted by atomic mass is 19.3. The molecule has 4 N–H and O–H groups in total. The molecule has 0 radical (unpaired) electrons. The lowest BCUT2D eigenvalue weighted by molar-refractivity contribution is -0.133. The molecule has 2 aromatic carbocycles. The summed E-state index contributed by atoms with van der Waals surface area (Å²) < 4.78 is 31.2. The number of carbonyl (C=O) groups is 1. The van der Waals surface area contributed by atoms with Gasteiger partial charge >= 0.3 is 7.12 Å². The molecule has 1 amide bonds. The molecule has 212 valence electrons. The first-order valence-electron chi connectivity index (χ1n) is 14.8. The lowest BCUT2D eigenvalue weighted by Gasteiger charge is -2.51. The first kappa shape index (κ1) is 27.5. The fourth-order valence-corrected chi connectivity index (χ4v) is 8.59. The van der Waals surface area contributed by atoms with Gasteiger partial charge in [0.25, 0.3) is 5.92 Å². The van der Waals surface area contributed by atoms with Crippen molar-refractivity contribution in [3.63, 3.8) is 0 Å². The van der Waals surface area contributed by atoms with E-state index in [1.165, 1.54) is 16.5 Å². The molecular weight excluding hydrogens is 509 g/mol. The summed E-state index contributed by atoms with van der Waals surface area (Å²) in [5, 5.41) is 23.4. The Hall–Kier alpha value is -2.71. The first-order chi connectivity index (χ1) is 19.1. The Morgan fingerprint density at radius 3 is 2.83 bits per heavy atom. The largest absolute Gasteiger partial charge is 0.488 e. The Kier molecular flexibility index (Phi) is 7.06. The number of aryl methyl sites for hydroxylation is 2. The third kappa shape index (κ3) is 4.57. The van der Waals surface area contributed by atoms with E-state index in [2.05, 4.69) is 29.4 Å². The quantitative estimate of drug-likeness (QED) is 0.313. The van der Waals surface area contributed by atoms with Crippen LogP contribution in [0.15, 0.2) is 42.6 Å². The number of carbonyl (C=O) groups excluding carboxylic acids is 1. The van der Waals surface area contributed by atoms with Gasteiger partial charge in [-0.1, -0.05) is 43.3 Å². The van der Waals surface area contributed by atoms with Crippen LogP contribution in [0.4, 0.5) is 8.78 Å². The minimum Gasteiger partial charge on any atom is -0.423 e. The second kappa shape index (κ2) is 10.3. The van der Waals surface area contributed by atoms with Crippen molar-refractivity contribution in [3.8, 4) is 0 Å². The van der Waals surface area contributed by atoms with Gasteiger partial charge in [-0.25, -0.2) is 8.78 Å². The summed E-state index contributed by atoms with van der Waals surface area (Å²) in [6.07, 6.45) is 6.12. The predicted molar refractivity (Wildman–Crippen MR) is 154 cm³/mol. The molecule has 3 aliphatic rings. The predicted octanol–water partition coefficient (Wildman–Crippen LogP) is 5.01. The highest BCUT2D eigenvalue weighted by molar-refractivity contribution is 6.58. The maximum Gasteiger partial charge on any atom is 0.488 e. The van der Waals surface area contributed by atoms with Crippen molar-refractivity contribution in [2.75, 3.05) is 6.54 Å². The molecule has 5 nitrogen and oxygen atoms in total. The number of hydrogen-bond donors (Lipinski definition) is 4. The van der Waals surface area contributed by atoms with Gasteiger partial charge in [-0.2, -0.15) is 0 Å². The van der Waals surface area contributed by atoms with Crippen LogP contribution in [0.3, 0.4) is 0 Å². The number of para-hydroxylation sites is 1. The van der Waals surface area contributed by atoms with Gasteiger partial charge in [-0.05, 0) is 96.8 Å². The van der Waals surface area contributed by atoms with Crippen LogP contribution < -0.4 is 10.8 Å². The van der Waals surface area contributed by atoms with Gasteiger partial charge in [0, 0.05) is 41.9 Å². The van der Waals surface area contributed by atoms with Gasteiger partial charge in [0.2, 0.25) is 5.91 Å². The van der Waals surface area contributed by atoms with Crippen molar-refractivity contribution in [2.45, 2.75) is 77.1 Å². The van der Waals surface area contributed by atoms with Crippen LogP contribution in [-0.2, 0) is 17.6 Å². The Labute approximate surface area is 234 Å². The number of fused-ring (bicyclic) bond motifs is 6. The molecule has 8 heteroatoms. The van der Waals surface area contributed by atoms with Gasteiger partial charge in [0.05, 0.1) is 0 Å².